The number of hydrogen-bond acceptors (Lipinski definition) is 4. The highest BCUT2D eigenvalue weighted by atomic mass is 19.4. The van der Waals surface area contributed by atoms with Gasteiger partial charge in [0.25, 0.3) is 11.8 Å². The van der Waals surface area contributed by atoms with Crippen LogP contribution in [-0.4, -0.2) is 36.2 Å². The Hall–Kier alpha value is -3.29. The van der Waals surface area contributed by atoms with Crippen LogP contribution >= 0.6 is 0 Å². The number of carbonyl (C=O) groups is 2. The van der Waals surface area contributed by atoms with Crippen molar-refractivity contribution >= 4 is 23.1 Å². The first-order chi connectivity index (χ1) is 14.2. The molecule has 1 fully saturated rings. The van der Waals surface area contributed by atoms with E-state index in [0.29, 0.717) is 29.9 Å². The van der Waals surface area contributed by atoms with Crippen LogP contribution in [0.5, 0.6) is 5.75 Å². The third-order valence-electron chi connectivity index (χ3n) is 5.15. The number of nitrogens with zero attached hydrogens (tertiary/aromatic N) is 2. The number of anilines is 1. The van der Waals surface area contributed by atoms with Crippen LogP contribution in [-0.2, 0) is 9.59 Å². The Bertz CT molecular complexity index is 1010. The second kappa shape index (κ2) is 7.51. The quantitative estimate of drug-likeness (QED) is 0.699. The Morgan fingerprint density at radius 2 is 1.47 bits per heavy atom. The lowest BCUT2D eigenvalue weighted by Gasteiger charge is -2.20. The third-order valence-corrected chi connectivity index (χ3v) is 5.15. The van der Waals surface area contributed by atoms with Gasteiger partial charge < -0.3 is 9.64 Å². The summed E-state index contributed by atoms with van der Waals surface area (Å²) in [6, 6.07) is 12.1. The molecule has 2 aliphatic heterocycles. The van der Waals surface area contributed by atoms with E-state index in [1.54, 1.807) is 12.1 Å². The largest absolute Gasteiger partial charge is 0.573 e. The second-order valence-electron chi connectivity index (χ2n) is 7.27. The fourth-order valence-electron chi connectivity index (χ4n) is 3.76. The van der Waals surface area contributed by atoms with Crippen molar-refractivity contribution in [3.05, 3.63) is 65.4 Å². The molecule has 0 saturated carbocycles. The summed E-state index contributed by atoms with van der Waals surface area (Å²) < 4.78 is 41.1. The van der Waals surface area contributed by atoms with Crippen LogP contribution in [0.1, 0.15) is 24.0 Å². The lowest BCUT2D eigenvalue weighted by molar-refractivity contribution is -0.274. The molecule has 0 bridgehead atoms. The number of carbonyl (C=O) groups excluding carboxylic acids is 2. The van der Waals surface area contributed by atoms with Crippen LogP contribution in [0.3, 0.4) is 0 Å². The van der Waals surface area contributed by atoms with E-state index in [1.165, 1.54) is 12.1 Å². The van der Waals surface area contributed by atoms with E-state index in [9.17, 15) is 22.8 Å². The summed E-state index contributed by atoms with van der Waals surface area (Å²) in [5.41, 5.74) is 2.52. The van der Waals surface area contributed by atoms with E-state index < -0.39 is 23.9 Å². The molecule has 2 amide bonds. The first-order valence-electron chi connectivity index (χ1n) is 9.55. The van der Waals surface area contributed by atoms with Gasteiger partial charge >= 0.3 is 6.36 Å². The summed E-state index contributed by atoms with van der Waals surface area (Å²) in [5, 5.41) is 0. The van der Waals surface area contributed by atoms with Crippen LogP contribution in [0.25, 0.3) is 5.57 Å². The van der Waals surface area contributed by atoms with Gasteiger partial charge in [-0.2, -0.15) is 0 Å². The summed E-state index contributed by atoms with van der Waals surface area (Å²) in [4.78, 5) is 29.5. The van der Waals surface area contributed by atoms with Gasteiger partial charge in [-0.3, -0.25) is 9.59 Å². The fraction of sp³-hybridized carbons (Fsp3) is 0.273. The van der Waals surface area contributed by atoms with Gasteiger partial charge in [0.05, 0.1) is 11.3 Å². The highest BCUT2D eigenvalue weighted by molar-refractivity contribution is 6.45. The minimum Gasteiger partial charge on any atom is -0.406 e. The minimum atomic E-state index is -4.82. The number of imide groups is 1. The molecule has 0 radical (unpaired) electrons. The molecule has 2 aliphatic rings. The predicted octanol–water partition coefficient (Wildman–Crippen LogP) is 4.27. The highest BCUT2D eigenvalue weighted by Crippen LogP contribution is 2.37. The fourth-order valence-corrected chi connectivity index (χ4v) is 3.76. The monoisotopic (exact) mass is 416 g/mol. The van der Waals surface area contributed by atoms with Crippen LogP contribution < -0.4 is 9.64 Å². The molecule has 30 heavy (non-hydrogen) atoms. The molecule has 1 saturated heterocycles. The van der Waals surface area contributed by atoms with E-state index >= 15 is 0 Å². The Kier molecular flexibility index (Phi) is 5.01. The molecule has 4 rings (SSSR count). The minimum absolute atomic E-state index is 0.193. The topological polar surface area (TPSA) is 49.9 Å². The first-order valence-corrected chi connectivity index (χ1v) is 9.55. The maximum absolute atomic E-state index is 13.3. The molecule has 0 N–H and O–H groups in total. The normalized spacial score (nSPS) is 17.3. The van der Waals surface area contributed by atoms with Gasteiger partial charge in [0, 0.05) is 13.1 Å². The molecule has 156 valence electrons. The summed E-state index contributed by atoms with van der Waals surface area (Å²) >= 11 is 0. The second-order valence-corrected chi connectivity index (χ2v) is 7.27. The average molecular weight is 416 g/mol. The van der Waals surface area contributed by atoms with Crippen molar-refractivity contribution in [2.24, 2.45) is 0 Å². The van der Waals surface area contributed by atoms with E-state index in [4.69, 9.17) is 0 Å². The Morgan fingerprint density at radius 3 is 2.03 bits per heavy atom. The summed E-state index contributed by atoms with van der Waals surface area (Å²) in [7, 11) is 0. The van der Waals surface area contributed by atoms with Crippen LogP contribution in [0.4, 0.5) is 18.9 Å². The van der Waals surface area contributed by atoms with Gasteiger partial charge in [-0.15, -0.1) is 13.2 Å². The van der Waals surface area contributed by atoms with Crippen molar-refractivity contribution in [3.63, 3.8) is 0 Å². The maximum Gasteiger partial charge on any atom is 0.573 e. The SMILES string of the molecule is Cc1ccc(C2=C(N3CCCC3)C(=O)N(c3ccc(OC(F)(F)F)cc3)C2=O)cc1. The zero-order chi connectivity index (χ0) is 21.5. The Balaban J connectivity index is 1.71. The third kappa shape index (κ3) is 3.77. The van der Waals surface area contributed by atoms with E-state index in [0.717, 1.165) is 35.4 Å². The van der Waals surface area contributed by atoms with Crippen molar-refractivity contribution in [1.82, 2.24) is 4.90 Å². The molecule has 2 heterocycles. The van der Waals surface area contributed by atoms with Crippen molar-refractivity contribution in [2.75, 3.05) is 18.0 Å². The Morgan fingerprint density at radius 1 is 0.867 bits per heavy atom. The molecular weight excluding hydrogens is 397 g/mol. The molecule has 2 aromatic carbocycles. The molecular formula is C22H19F3N2O3. The summed E-state index contributed by atoms with van der Waals surface area (Å²) in [5.74, 6) is -1.38. The highest BCUT2D eigenvalue weighted by Gasteiger charge is 2.43. The number of amides is 2. The summed E-state index contributed by atoms with van der Waals surface area (Å²) in [6.45, 7) is 3.28. The summed E-state index contributed by atoms with van der Waals surface area (Å²) in [6.07, 6.45) is -2.96. The van der Waals surface area contributed by atoms with Gasteiger partial charge in [0.15, 0.2) is 0 Å². The van der Waals surface area contributed by atoms with Crippen molar-refractivity contribution < 1.29 is 27.5 Å². The zero-order valence-electron chi connectivity index (χ0n) is 16.2. The number of hydrogen-bond donors (Lipinski definition) is 0. The molecule has 8 heteroatoms. The van der Waals surface area contributed by atoms with Gasteiger partial charge in [0.2, 0.25) is 0 Å². The van der Waals surface area contributed by atoms with Crippen molar-refractivity contribution in [3.8, 4) is 5.75 Å². The van der Waals surface area contributed by atoms with Gasteiger partial charge in [0.1, 0.15) is 11.4 Å². The number of aryl methyl sites for hydroxylation is 1. The average Bonchev–Trinajstić information content (AvgIpc) is 3.29. The van der Waals surface area contributed by atoms with Gasteiger partial charge in [-0.05, 0) is 49.6 Å². The number of alkyl halides is 3. The number of ether oxygens (including phenoxy) is 1. The molecule has 0 spiro atoms. The van der Waals surface area contributed by atoms with E-state index in [1.807, 2.05) is 24.0 Å². The van der Waals surface area contributed by atoms with Crippen molar-refractivity contribution in [1.29, 1.82) is 0 Å². The van der Waals surface area contributed by atoms with Crippen molar-refractivity contribution in [2.45, 2.75) is 26.1 Å². The standard InChI is InChI=1S/C22H19F3N2O3/c1-14-4-6-15(7-5-14)18-19(26-12-2-3-13-26)21(29)27(20(18)28)16-8-10-17(11-9-16)30-22(23,24)25/h4-11H,2-3,12-13H2,1H3. The van der Waals surface area contributed by atoms with Gasteiger partial charge in [-0.1, -0.05) is 29.8 Å². The number of rotatable bonds is 4. The number of likely N-dealkylation sites (tertiary alicyclic amines) is 1. The molecule has 2 aromatic rings. The lowest BCUT2D eigenvalue weighted by Crippen LogP contribution is -2.34. The van der Waals surface area contributed by atoms with Crippen LogP contribution in [0, 0.1) is 6.92 Å². The maximum atomic E-state index is 13.3. The Labute approximate surface area is 171 Å². The molecule has 0 unspecified atom stereocenters. The zero-order valence-corrected chi connectivity index (χ0v) is 16.2. The molecule has 5 nitrogen and oxygen atoms in total. The van der Waals surface area contributed by atoms with Gasteiger partial charge in [-0.25, -0.2) is 4.90 Å². The smallest absolute Gasteiger partial charge is 0.406 e. The van der Waals surface area contributed by atoms with E-state index in [-0.39, 0.29) is 5.69 Å². The van der Waals surface area contributed by atoms with Crippen LogP contribution in [0.2, 0.25) is 0 Å². The molecule has 0 aliphatic carbocycles. The van der Waals surface area contributed by atoms with E-state index in [2.05, 4.69) is 4.74 Å². The number of benzene rings is 2. The predicted molar refractivity (Wildman–Crippen MR) is 105 cm³/mol. The lowest BCUT2D eigenvalue weighted by atomic mass is 10.0. The first kappa shape index (κ1) is 20.0. The molecule has 0 aromatic heterocycles. The van der Waals surface area contributed by atoms with Crippen LogP contribution in [0.15, 0.2) is 54.2 Å². The number of halogens is 3. The molecule has 0 atom stereocenters.